The molecular weight excluding hydrogens is 400 g/mol. The van der Waals surface area contributed by atoms with Crippen molar-refractivity contribution in [3.63, 3.8) is 0 Å². The van der Waals surface area contributed by atoms with Gasteiger partial charge >= 0.3 is 0 Å². The average Bonchev–Trinajstić information content (AvgIpc) is 3.46. The molecule has 3 amide bonds. The van der Waals surface area contributed by atoms with Crippen molar-refractivity contribution in [2.45, 2.75) is 77.6 Å². The Hall–Kier alpha value is -2.43. The largest absolute Gasteiger partial charge is 0.326 e. The number of allylic oxidation sites excluding steroid dienone is 2. The van der Waals surface area contributed by atoms with E-state index >= 15 is 0 Å². The van der Waals surface area contributed by atoms with Crippen molar-refractivity contribution in [1.29, 1.82) is 0 Å². The molecule has 4 rings (SSSR count). The summed E-state index contributed by atoms with van der Waals surface area (Å²) in [5.74, 6) is -0.200. The Labute approximate surface area is 191 Å². The standard InChI is InChI=1S/C27H36N2O3/c1-2-3-4-5-6-7-8-9-10-14-23(30)28-21-12-11-13-22(18-21)29-26(31)24-19-15-16-20(17-19)25(24)27(29)32/h11-13,15-16,18-20,24-25H,2-10,14,17H2,1H3,(H,28,30)/t19-,20-,24-,25-/m0/s1. The summed E-state index contributed by atoms with van der Waals surface area (Å²) in [7, 11) is 0. The van der Waals surface area contributed by atoms with E-state index in [0.29, 0.717) is 17.8 Å². The molecule has 32 heavy (non-hydrogen) atoms. The van der Waals surface area contributed by atoms with Crippen molar-refractivity contribution in [3.8, 4) is 0 Å². The minimum Gasteiger partial charge on any atom is -0.326 e. The molecule has 0 spiro atoms. The number of nitrogens with zero attached hydrogens (tertiary/aromatic N) is 1. The Bertz CT molecular complexity index is 847. The van der Waals surface area contributed by atoms with Crippen LogP contribution in [-0.2, 0) is 14.4 Å². The fraction of sp³-hybridized carbons (Fsp3) is 0.593. The molecule has 172 valence electrons. The molecule has 0 aromatic heterocycles. The number of amides is 3. The maximum atomic E-state index is 13.0. The van der Waals surface area contributed by atoms with Crippen molar-refractivity contribution >= 4 is 29.1 Å². The summed E-state index contributed by atoms with van der Waals surface area (Å²) in [5, 5.41) is 2.94. The van der Waals surface area contributed by atoms with Gasteiger partial charge < -0.3 is 5.32 Å². The number of imide groups is 1. The molecule has 1 saturated heterocycles. The van der Waals surface area contributed by atoms with Gasteiger partial charge in [-0.25, -0.2) is 4.90 Å². The maximum absolute atomic E-state index is 13.0. The lowest BCUT2D eigenvalue weighted by Crippen LogP contribution is -2.32. The number of nitrogens with one attached hydrogen (secondary N) is 1. The Morgan fingerprint density at radius 2 is 1.50 bits per heavy atom. The summed E-state index contributed by atoms with van der Waals surface area (Å²) >= 11 is 0. The van der Waals surface area contributed by atoms with Gasteiger partial charge in [-0.1, -0.05) is 76.5 Å². The van der Waals surface area contributed by atoms with E-state index in [4.69, 9.17) is 0 Å². The number of anilines is 2. The van der Waals surface area contributed by atoms with Crippen molar-refractivity contribution < 1.29 is 14.4 Å². The number of carbonyl (C=O) groups excluding carboxylic acids is 3. The van der Waals surface area contributed by atoms with Gasteiger partial charge in [-0.15, -0.1) is 0 Å². The smallest absolute Gasteiger partial charge is 0.238 e. The summed E-state index contributed by atoms with van der Waals surface area (Å²) in [6.45, 7) is 2.23. The van der Waals surface area contributed by atoms with Crippen molar-refractivity contribution in [3.05, 3.63) is 36.4 Å². The molecule has 1 heterocycles. The van der Waals surface area contributed by atoms with E-state index in [1.807, 2.05) is 6.07 Å². The predicted molar refractivity (Wildman–Crippen MR) is 127 cm³/mol. The van der Waals surface area contributed by atoms with Crippen LogP contribution in [-0.4, -0.2) is 17.7 Å². The molecule has 2 bridgehead atoms. The third-order valence-electron chi connectivity index (χ3n) is 7.37. The zero-order chi connectivity index (χ0) is 22.5. The first kappa shape index (κ1) is 22.8. The first-order chi connectivity index (χ1) is 15.6. The van der Waals surface area contributed by atoms with Gasteiger partial charge in [0.2, 0.25) is 17.7 Å². The highest BCUT2D eigenvalue weighted by Crippen LogP contribution is 2.53. The highest BCUT2D eigenvalue weighted by molar-refractivity contribution is 6.23. The van der Waals surface area contributed by atoms with Crippen LogP contribution in [0.3, 0.4) is 0 Å². The molecule has 1 aliphatic heterocycles. The molecule has 0 radical (unpaired) electrons. The second-order valence-electron chi connectivity index (χ2n) is 9.69. The lowest BCUT2D eigenvalue weighted by atomic mass is 9.85. The SMILES string of the molecule is CCCCCCCCCCCC(=O)Nc1cccc(N2C(=O)[C@@H]3[C@@H](C2=O)[C@H]2C=C[C@H]3C2)c1. The summed E-state index contributed by atoms with van der Waals surface area (Å²) in [6.07, 6.45) is 16.6. The first-order valence-corrected chi connectivity index (χ1v) is 12.6. The number of carbonyl (C=O) groups is 3. The Kier molecular flexibility index (Phi) is 7.44. The molecule has 1 saturated carbocycles. The van der Waals surface area contributed by atoms with Crippen LogP contribution in [0.4, 0.5) is 11.4 Å². The fourth-order valence-electron chi connectivity index (χ4n) is 5.70. The third kappa shape index (κ3) is 4.82. The summed E-state index contributed by atoms with van der Waals surface area (Å²) in [4.78, 5) is 39.7. The normalized spacial score (nSPS) is 25.6. The second-order valence-corrected chi connectivity index (χ2v) is 9.69. The molecule has 4 atom stereocenters. The molecule has 1 aromatic rings. The minimum atomic E-state index is -0.206. The molecule has 3 aliphatic rings. The molecule has 5 nitrogen and oxygen atoms in total. The topological polar surface area (TPSA) is 66.5 Å². The van der Waals surface area contributed by atoms with Gasteiger partial charge in [-0.2, -0.15) is 0 Å². The van der Waals surface area contributed by atoms with Crippen LogP contribution >= 0.6 is 0 Å². The Morgan fingerprint density at radius 3 is 2.12 bits per heavy atom. The highest BCUT2D eigenvalue weighted by Gasteiger charge is 2.59. The number of fused-ring (bicyclic) bond motifs is 5. The first-order valence-electron chi connectivity index (χ1n) is 12.6. The highest BCUT2D eigenvalue weighted by atomic mass is 16.2. The lowest BCUT2D eigenvalue weighted by molar-refractivity contribution is -0.123. The molecule has 1 aromatic carbocycles. The fourth-order valence-corrected chi connectivity index (χ4v) is 5.70. The number of benzene rings is 1. The minimum absolute atomic E-state index is 0.0108. The molecular formula is C27H36N2O3. The molecule has 2 fully saturated rings. The zero-order valence-electron chi connectivity index (χ0n) is 19.2. The quantitative estimate of drug-likeness (QED) is 0.254. The van der Waals surface area contributed by atoms with Crippen LogP contribution in [0.15, 0.2) is 36.4 Å². The van der Waals surface area contributed by atoms with Crippen LogP contribution in [0.25, 0.3) is 0 Å². The van der Waals surface area contributed by atoms with Gasteiger partial charge in [0.05, 0.1) is 17.5 Å². The van der Waals surface area contributed by atoms with Crippen LogP contribution in [0.2, 0.25) is 0 Å². The van der Waals surface area contributed by atoms with Gasteiger partial charge in [0.25, 0.3) is 0 Å². The number of rotatable bonds is 12. The van der Waals surface area contributed by atoms with Crippen LogP contribution in [0.1, 0.15) is 77.6 Å². The molecule has 1 N–H and O–H groups in total. The molecule has 0 unspecified atom stereocenters. The van der Waals surface area contributed by atoms with Gasteiger partial charge in [0.1, 0.15) is 0 Å². The summed E-state index contributed by atoms with van der Waals surface area (Å²) in [6, 6.07) is 7.14. The van der Waals surface area contributed by atoms with E-state index in [0.717, 1.165) is 19.3 Å². The van der Waals surface area contributed by atoms with Crippen LogP contribution in [0.5, 0.6) is 0 Å². The van der Waals surface area contributed by atoms with E-state index in [-0.39, 0.29) is 41.4 Å². The zero-order valence-corrected chi connectivity index (χ0v) is 19.2. The van der Waals surface area contributed by atoms with E-state index in [2.05, 4.69) is 24.4 Å². The van der Waals surface area contributed by atoms with Crippen LogP contribution in [0, 0.1) is 23.7 Å². The second kappa shape index (κ2) is 10.5. The monoisotopic (exact) mass is 436 g/mol. The summed E-state index contributed by atoms with van der Waals surface area (Å²) in [5.41, 5.74) is 1.21. The van der Waals surface area contributed by atoms with E-state index in [9.17, 15) is 14.4 Å². The van der Waals surface area contributed by atoms with E-state index in [1.165, 1.54) is 49.8 Å². The Balaban J connectivity index is 1.23. The van der Waals surface area contributed by atoms with E-state index in [1.54, 1.807) is 18.2 Å². The summed E-state index contributed by atoms with van der Waals surface area (Å²) < 4.78 is 0. The molecule has 2 aliphatic carbocycles. The number of hydrogen-bond acceptors (Lipinski definition) is 3. The van der Waals surface area contributed by atoms with Crippen LogP contribution < -0.4 is 10.2 Å². The number of hydrogen-bond donors (Lipinski definition) is 1. The third-order valence-corrected chi connectivity index (χ3v) is 7.37. The van der Waals surface area contributed by atoms with Crippen molar-refractivity contribution in [2.75, 3.05) is 10.2 Å². The predicted octanol–water partition coefficient (Wildman–Crippen LogP) is 5.86. The van der Waals surface area contributed by atoms with E-state index < -0.39 is 0 Å². The molecule has 5 heteroatoms. The Morgan fingerprint density at radius 1 is 0.906 bits per heavy atom. The lowest BCUT2D eigenvalue weighted by Gasteiger charge is -2.18. The van der Waals surface area contributed by atoms with Gasteiger partial charge in [0.15, 0.2) is 0 Å². The van der Waals surface area contributed by atoms with Crippen molar-refractivity contribution in [1.82, 2.24) is 0 Å². The maximum Gasteiger partial charge on any atom is 0.238 e. The van der Waals surface area contributed by atoms with Gasteiger partial charge in [0, 0.05) is 12.1 Å². The van der Waals surface area contributed by atoms with Crippen molar-refractivity contribution in [2.24, 2.45) is 23.7 Å². The average molecular weight is 437 g/mol. The number of unbranched alkanes of at least 4 members (excludes halogenated alkanes) is 8. The van der Waals surface area contributed by atoms with Gasteiger partial charge in [-0.05, 0) is 42.9 Å². The van der Waals surface area contributed by atoms with Gasteiger partial charge in [-0.3, -0.25) is 14.4 Å².